The van der Waals surface area contributed by atoms with Gasteiger partial charge in [-0.25, -0.2) is 4.79 Å². The lowest BCUT2D eigenvalue weighted by molar-refractivity contribution is -0.115. The Kier molecular flexibility index (Phi) is 4.35. The molecule has 0 saturated carbocycles. The fourth-order valence-corrected chi connectivity index (χ4v) is 3.68. The van der Waals surface area contributed by atoms with E-state index in [9.17, 15) is 14.7 Å². The van der Waals surface area contributed by atoms with Crippen molar-refractivity contribution in [3.8, 4) is 11.3 Å². The molecule has 1 amide bonds. The summed E-state index contributed by atoms with van der Waals surface area (Å²) in [6, 6.07) is -0.243. The van der Waals surface area contributed by atoms with E-state index in [0.29, 0.717) is 11.3 Å². The first-order chi connectivity index (χ1) is 11.1. The Hall–Kier alpha value is -2.33. The topological polar surface area (TPSA) is 117 Å². The number of anilines is 1. The number of aromatic nitrogens is 2. The molecule has 0 aliphatic carbocycles. The molecule has 2 N–H and O–H groups in total. The van der Waals surface area contributed by atoms with Crippen LogP contribution < -0.4 is 5.32 Å². The molecule has 3 heterocycles. The highest BCUT2D eigenvalue weighted by Gasteiger charge is 2.32. The summed E-state index contributed by atoms with van der Waals surface area (Å²) < 4.78 is 3.77. The third-order valence-electron chi connectivity index (χ3n) is 3.17. The maximum Gasteiger partial charge on any atom is 0.339 e. The number of aromatic carboxylic acids is 1. The Morgan fingerprint density at radius 1 is 1.35 bits per heavy atom. The molecule has 0 saturated heterocycles. The van der Waals surface area contributed by atoms with Crippen LogP contribution in [0, 0.1) is 0 Å². The quantitative estimate of drug-likeness (QED) is 0.820. The monoisotopic (exact) mass is 349 g/mol. The van der Waals surface area contributed by atoms with Crippen LogP contribution in [0.2, 0.25) is 0 Å². The molecule has 2 aromatic rings. The lowest BCUT2D eigenvalue weighted by Crippen LogP contribution is -2.30. The SMILES string of the molecule is CC1N=NSC1C(=O)Nc1scc(-c2cnccn2)c1C(=O)O. The zero-order chi connectivity index (χ0) is 16.4. The van der Waals surface area contributed by atoms with Crippen LogP contribution in [-0.2, 0) is 4.79 Å². The third-order valence-corrected chi connectivity index (χ3v) is 5.09. The number of rotatable bonds is 4. The van der Waals surface area contributed by atoms with Crippen molar-refractivity contribution in [1.29, 1.82) is 0 Å². The van der Waals surface area contributed by atoms with E-state index in [0.717, 1.165) is 23.3 Å². The minimum atomic E-state index is -1.14. The van der Waals surface area contributed by atoms with E-state index in [1.165, 1.54) is 18.6 Å². The number of nitrogens with zero attached hydrogens (tertiary/aromatic N) is 4. The lowest BCUT2D eigenvalue weighted by Gasteiger charge is -2.11. The molecule has 1 aliphatic rings. The highest BCUT2D eigenvalue weighted by atomic mass is 32.2. The molecule has 2 unspecified atom stereocenters. The number of amides is 1. The van der Waals surface area contributed by atoms with Crippen LogP contribution in [0.5, 0.6) is 0 Å². The van der Waals surface area contributed by atoms with Gasteiger partial charge in [0, 0.05) is 35.3 Å². The van der Waals surface area contributed by atoms with Crippen molar-refractivity contribution in [2.24, 2.45) is 9.63 Å². The Balaban J connectivity index is 1.90. The Morgan fingerprint density at radius 3 is 2.78 bits per heavy atom. The molecule has 0 aromatic carbocycles. The number of carbonyl (C=O) groups excluding carboxylic acids is 1. The number of carboxylic acids is 1. The summed E-state index contributed by atoms with van der Waals surface area (Å²) in [5, 5.41) is 17.5. The highest BCUT2D eigenvalue weighted by molar-refractivity contribution is 7.99. The van der Waals surface area contributed by atoms with Gasteiger partial charge in [0.25, 0.3) is 0 Å². The summed E-state index contributed by atoms with van der Waals surface area (Å²) in [6.07, 6.45) is 4.47. The van der Waals surface area contributed by atoms with E-state index >= 15 is 0 Å². The fourth-order valence-electron chi connectivity index (χ4n) is 2.04. The van der Waals surface area contributed by atoms with Crippen molar-refractivity contribution in [3.63, 3.8) is 0 Å². The van der Waals surface area contributed by atoms with E-state index in [1.54, 1.807) is 12.3 Å². The Labute approximate surface area is 139 Å². The number of thiophene rings is 1. The fraction of sp³-hybridized carbons (Fsp3) is 0.231. The van der Waals surface area contributed by atoms with Crippen LogP contribution in [0.15, 0.2) is 33.6 Å². The van der Waals surface area contributed by atoms with Gasteiger partial charge in [0.05, 0.1) is 17.9 Å². The Bertz CT molecular complexity index is 777. The van der Waals surface area contributed by atoms with Crippen molar-refractivity contribution < 1.29 is 14.7 Å². The minimum absolute atomic E-state index is 0.00776. The van der Waals surface area contributed by atoms with E-state index in [2.05, 4.69) is 24.9 Å². The van der Waals surface area contributed by atoms with Gasteiger partial charge in [0.2, 0.25) is 5.91 Å². The van der Waals surface area contributed by atoms with Crippen molar-refractivity contribution in [3.05, 3.63) is 29.5 Å². The molecule has 0 radical (unpaired) electrons. The first kappa shape index (κ1) is 15.6. The molecule has 2 aromatic heterocycles. The van der Waals surface area contributed by atoms with Crippen molar-refractivity contribution in [1.82, 2.24) is 9.97 Å². The van der Waals surface area contributed by atoms with Crippen molar-refractivity contribution in [2.75, 3.05) is 5.32 Å². The average Bonchev–Trinajstić information content (AvgIpc) is 3.14. The predicted molar refractivity (Wildman–Crippen MR) is 86.6 cm³/mol. The highest BCUT2D eigenvalue weighted by Crippen LogP contribution is 2.35. The van der Waals surface area contributed by atoms with Gasteiger partial charge >= 0.3 is 5.97 Å². The van der Waals surface area contributed by atoms with Crippen LogP contribution in [0.3, 0.4) is 0 Å². The second-order valence-corrected chi connectivity index (χ2v) is 6.46. The molecule has 3 rings (SSSR count). The van der Waals surface area contributed by atoms with Crippen LogP contribution >= 0.6 is 23.3 Å². The van der Waals surface area contributed by atoms with Crippen LogP contribution in [0.1, 0.15) is 17.3 Å². The smallest absolute Gasteiger partial charge is 0.339 e. The van der Waals surface area contributed by atoms with E-state index < -0.39 is 11.2 Å². The second-order valence-electron chi connectivity index (χ2n) is 4.70. The first-order valence-electron chi connectivity index (χ1n) is 6.56. The molecule has 8 nitrogen and oxygen atoms in total. The van der Waals surface area contributed by atoms with E-state index in [4.69, 9.17) is 0 Å². The van der Waals surface area contributed by atoms with Gasteiger partial charge in [-0.05, 0) is 6.92 Å². The lowest BCUT2D eigenvalue weighted by atomic mass is 10.1. The van der Waals surface area contributed by atoms with Gasteiger partial charge < -0.3 is 10.4 Å². The van der Waals surface area contributed by atoms with Gasteiger partial charge in [-0.15, -0.1) is 15.9 Å². The van der Waals surface area contributed by atoms with Gasteiger partial charge in [0.1, 0.15) is 15.8 Å². The maximum absolute atomic E-state index is 12.3. The standard InChI is InChI=1S/C13H11N5O3S2/c1-6-10(23-18-17-6)11(19)16-12-9(13(20)21)7(5-22-12)8-4-14-2-3-15-8/h2-6,10H,1H3,(H,16,19)(H,20,21). The summed E-state index contributed by atoms with van der Waals surface area (Å²) in [5.74, 6) is -1.45. The number of carbonyl (C=O) groups is 2. The average molecular weight is 349 g/mol. The zero-order valence-corrected chi connectivity index (χ0v) is 13.5. The van der Waals surface area contributed by atoms with Gasteiger partial charge in [0.15, 0.2) is 0 Å². The molecule has 0 bridgehead atoms. The van der Waals surface area contributed by atoms with Crippen molar-refractivity contribution in [2.45, 2.75) is 18.2 Å². The summed E-state index contributed by atoms with van der Waals surface area (Å²) in [4.78, 5) is 31.9. The summed E-state index contributed by atoms with van der Waals surface area (Å²) in [5.41, 5.74) is 0.871. The largest absolute Gasteiger partial charge is 0.478 e. The number of carboxylic acid groups (broad SMARTS) is 1. The third kappa shape index (κ3) is 3.08. The Morgan fingerprint density at radius 2 is 2.17 bits per heavy atom. The molecule has 23 heavy (non-hydrogen) atoms. The summed E-state index contributed by atoms with van der Waals surface area (Å²) in [7, 11) is 0. The first-order valence-corrected chi connectivity index (χ1v) is 8.27. The van der Waals surface area contributed by atoms with Crippen molar-refractivity contribution >= 4 is 40.2 Å². The number of nitrogens with one attached hydrogen (secondary N) is 1. The van der Waals surface area contributed by atoms with Crippen LogP contribution in [-0.4, -0.2) is 38.2 Å². The molecule has 0 spiro atoms. The number of hydrogen-bond donors (Lipinski definition) is 2. The molecule has 1 aliphatic heterocycles. The van der Waals surface area contributed by atoms with Gasteiger partial charge in [-0.1, -0.05) is 0 Å². The van der Waals surface area contributed by atoms with Gasteiger partial charge in [-0.2, -0.15) is 5.11 Å². The zero-order valence-electron chi connectivity index (χ0n) is 11.8. The van der Waals surface area contributed by atoms with Crippen LogP contribution in [0.4, 0.5) is 5.00 Å². The second kappa shape index (κ2) is 6.42. The predicted octanol–water partition coefficient (Wildman–Crippen LogP) is 2.71. The van der Waals surface area contributed by atoms with Gasteiger partial charge in [-0.3, -0.25) is 14.8 Å². The van der Waals surface area contributed by atoms with E-state index in [-0.39, 0.29) is 22.5 Å². The molecule has 0 fully saturated rings. The molecule has 118 valence electrons. The number of hydrogen-bond acceptors (Lipinski definition) is 8. The molecular weight excluding hydrogens is 338 g/mol. The van der Waals surface area contributed by atoms with Crippen LogP contribution in [0.25, 0.3) is 11.3 Å². The van der Waals surface area contributed by atoms with E-state index in [1.807, 2.05) is 0 Å². The molecular formula is C13H11N5O3S2. The molecule has 2 atom stereocenters. The maximum atomic E-state index is 12.3. The summed E-state index contributed by atoms with van der Waals surface area (Å²) in [6.45, 7) is 1.78. The normalized spacial score (nSPS) is 19.7. The summed E-state index contributed by atoms with van der Waals surface area (Å²) >= 11 is 2.21. The molecule has 10 heteroatoms. The minimum Gasteiger partial charge on any atom is -0.478 e.